The molecule has 0 heterocycles. The number of esters is 1. The molecule has 0 aromatic heterocycles. The van der Waals surface area contributed by atoms with Gasteiger partial charge >= 0.3 is 11.8 Å². The molecular weight excluding hydrogens is 160 g/mol. The number of hydrogen-bond donors (Lipinski definition) is 0. The zero-order chi connectivity index (χ0) is 9.72. The third-order valence-electron chi connectivity index (χ3n) is 1.65. The molecule has 0 bridgehead atoms. The summed E-state index contributed by atoms with van der Waals surface area (Å²) in [6.45, 7) is 3.37. The van der Waals surface area contributed by atoms with Crippen molar-refractivity contribution in [3.05, 3.63) is 0 Å². The van der Waals surface area contributed by atoms with Gasteiger partial charge in [-0.25, -0.2) is 4.79 Å². The molecule has 0 saturated heterocycles. The average molecular weight is 172 g/mol. The van der Waals surface area contributed by atoms with Crippen LogP contribution >= 0.6 is 0 Å². The van der Waals surface area contributed by atoms with E-state index in [2.05, 4.69) is 4.74 Å². The summed E-state index contributed by atoms with van der Waals surface area (Å²) in [5.41, 5.74) is 0. The number of carbonyl (C=O) groups excluding carboxylic acids is 3. The second kappa shape index (κ2) is 4.64. The lowest BCUT2D eigenvalue weighted by molar-refractivity contribution is -0.155. The Bertz CT molecular complexity index is 207. The summed E-state index contributed by atoms with van der Waals surface area (Å²) in [6.07, 6.45) is 0.543. The fourth-order valence-corrected chi connectivity index (χ4v) is 0.602. The van der Waals surface area contributed by atoms with E-state index in [1.807, 2.05) is 0 Å². The maximum atomic E-state index is 11.0. The van der Waals surface area contributed by atoms with E-state index in [0.717, 1.165) is 7.11 Å². The van der Waals surface area contributed by atoms with Crippen LogP contribution in [-0.4, -0.2) is 24.6 Å². The minimum absolute atomic E-state index is 0.406. The van der Waals surface area contributed by atoms with Crippen LogP contribution in [0.15, 0.2) is 0 Å². The van der Waals surface area contributed by atoms with Crippen molar-refractivity contribution in [3.8, 4) is 0 Å². The molecule has 0 N–H and O–H groups in total. The zero-order valence-electron chi connectivity index (χ0n) is 7.42. The van der Waals surface area contributed by atoms with Crippen molar-refractivity contribution < 1.29 is 19.1 Å². The molecule has 4 nitrogen and oxygen atoms in total. The molecule has 68 valence electrons. The van der Waals surface area contributed by atoms with Gasteiger partial charge in [-0.3, -0.25) is 9.59 Å². The van der Waals surface area contributed by atoms with Crippen molar-refractivity contribution in [1.29, 1.82) is 0 Å². The predicted molar refractivity (Wildman–Crippen MR) is 41.5 cm³/mol. The molecule has 12 heavy (non-hydrogen) atoms. The SMILES string of the molecule is CCC(C)C(=O)C(=O)C(=O)OC. The van der Waals surface area contributed by atoms with E-state index in [1.54, 1.807) is 13.8 Å². The zero-order valence-corrected chi connectivity index (χ0v) is 7.42. The monoisotopic (exact) mass is 172 g/mol. The van der Waals surface area contributed by atoms with E-state index in [4.69, 9.17) is 0 Å². The first-order valence-electron chi connectivity index (χ1n) is 3.71. The van der Waals surface area contributed by atoms with Crippen molar-refractivity contribution in [1.82, 2.24) is 0 Å². The van der Waals surface area contributed by atoms with Gasteiger partial charge in [0.15, 0.2) is 0 Å². The average Bonchev–Trinajstić information content (AvgIpc) is 2.12. The number of carbonyl (C=O) groups is 3. The largest absolute Gasteiger partial charge is 0.463 e. The van der Waals surface area contributed by atoms with E-state index in [-0.39, 0.29) is 0 Å². The van der Waals surface area contributed by atoms with Crippen molar-refractivity contribution in [2.75, 3.05) is 7.11 Å². The standard InChI is InChI=1S/C8H12O4/c1-4-5(2)6(9)7(10)8(11)12-3/h5H,4H2,1-3H3. The fourth-order valence-electron chi connectivity index (χ4n) is 0.602. The predicted octanol–water partition coefficient (Wildman–Crippen LogP) is 0.344. The Morgan fingerprint density at radius 2 is 1.83 bits per heavy atom. The Morgan fingerprint density at radius 1 is 1.33 bits per heavy atom. The third kappa shape index (κ3) is 2.45. The third-order valence-corrected chi connectivity index (χ3v) is 1.65. The van der Waals surface area contributed by atoms with E-state index in [1.165, 1.54) is 0 Å². The quantitative estimate of drug-likeness (QED) is 0.348. The van der Waals surface area contributed by atoms with Gasteiger partial charge in [-0.15, -0.1) is 0 Å². The topological polar surface area (TPSA) is 60.4 Å². The van der Waals surface area contributed by atoms with Crippen molar-refractivity contribution in [3.63, 3.8) is 0 Å². The highest BCUT2D eigenvalue weighted by molar-refractivity contribution is 6.62. The highest BCUT2D eigenvalue weighted by Crippen LogP contribution is 2.03. The summed E-state index contributed by atoms with van der Waals surface area (Å²) >= 11 is 0. The molecule has 4 heteroatoms. The van der Waals surface area contributed by atoms with Gasteiger partial charge in [0.05, 0.1) is 7.11 Å². The van der Waals surface area contributed by atoms with Gasteiger partial charge in [0.1, 0.15) is 0 Å². The number of ketones is 2. The molecule has 1 atom stereocenters. The minimum atomic E-state index is -1.08. The van der Waals surface area contributed by atoms with Gasteiger partial charge in [0.25, 0.3) is 0 Å². The number of Topliss-reactive ketones (excluding diaryl/α,β-unsaturated/α-hetero) is 2. The van der Waals surface area contributed by atoms with Crippen LogP contribution in [0.25, 0.3) is 0 Å². The molecule has 0 rings (SSSR count). The minimum Gasteiger partial charge on any atom is -0.463 e. The van der Waals surface area contributed by atoms with E-state index in [9.17, 15) is 14.4 Å². The molecule has 0 aliphatic rings. The Balaban J connectivity index is 4.30. The van der Waals surface area contributed by atoms with Crippen molar-refractivity contribution in [2.24, 2.45) is 5.92 Å². The highest BCUT2D eigenvalue weighted by Gasteiger charge is 2.26. The van der Waals surface area contributed by atoms with Gasteiger partial charge in [-0.1, -0.05) is 13.8 Å². The lowest BCUT2D eigenvalue weighted by Crippen LogP contribution is -2.29. The van der Waals surface area contributed by atoms with Gasteiger partial charge in [0, 0.05) is 5.92 Å². The fraction of sp³-hybridized carbons (Fsp3) is 0.625. The molecule has 0 aliphatic carbocycles. The van der Waals surface area contributed by atoms with Crippen LogP contribution in [0.2, 0.25) is 0 Å². The maximum Gasteiger partial charge on any atom is 0.382 e. The molecule has 0 spiro atoms. The summed E-state index contributed by atoms with van der Waals surface area (Å²) in [4.78, 5) is 32.5. The normalized spacial score (nSPS) is 11.9. The van der Waals surface area contributed by atoms with Crippen LogP contribution in [0.4, 0.5) is 0 Å². The van der Waals surface area contributed by atoms with E-state index >= 15 is 0 Å². The van der Waals surface area contributed by atoms with Crippen LogP contribution in [0, 0.1) is 5.92 Å². The maximum absolute atomic E-state index is 11.0. The lowest BCUT2D eigenvalue weighted by atomic mass is 10.0. The van der Waals surface area contributed by atoms with Crippen molar-refractivity contribution in [2.45, 2.75) is 20.3 Å². The highest BCUT2D eigenvalue weighted by atomic mass is 16.5. The Kier molecular flexibility index (Phi) is 4.18. The Morgan fingerprint density at radius 3 is 2.17 bits per heavy atom. The summed E-state index contributed by atoms with van der Waals surface area (Å²) in [5.74, 6) is -3.23. The van der Waals surface area contributed by atoms with Gasteiger partial charge < -0.3 is 4.74 Å². The number of methoxy groups -OCH3 is 1. The van der Waals surface area contributed by atoms with Gasteiger partial charge in [-0.05, 0) is 6.42 Å². The molecule has 0 amide bonds. The summed E-state index contributed by atoms with van der Waals surface area (Å²) in [7, 11) is 1.07. The van der Waals surface area contributed by atoms with Gasteiger partial charge in [0.2, 0.25) is 5.78 Å². The number of rotatable bonds is 4. The molecule has 0 aliphatic heterocycles. The first-order valence-corrected chi connectivity index (χ1v) is 3.71. The molecule has 0 saturated carbocycles. The lowest BCUT2D eigenvalue weighted by Gasteiger charge is -2.03. The van der Waals surface area contributed by atoms with Crippen molar-refractivity contribution >= 4 is 17.5 Å². The molecule has 1 unspecified atom stereocenters. The summed E-state index contributed by atoms with van der Waals surface area (Å²) in [5, 5.41) is 0. The van der Waals surface area contributed by atoms with E-state index < -0.39 is 23.5 Å². The molecule has 0 aromatic carbocycles. The second-order valence-electron chi connectivity index (χ2n) is 2.49. The Hall–Kier alpha value is -1.19. The van der Waals surface area contributed by atoms with Crippen LogP contribution in [-0.2, 0) is 19.1 Å². The van der Waals surface area contributed by atoms with Gasteiger partial charge in [-0.2, -0.15) is 0 Å². The summed E-state index contributed by atoms with van der Waals surface area (Å²) in [6, 6.07) is 0. The number of hydrogen-bond acceptors (Lipinski definition) is 4. The van der Waals surface area contributed by atoms with Crippen LogP contribution in [0.1, 0.15) is 20.3 Å². The van der Waals surface area contributed by atoms with Crippen LogP contribution in [0.5, 0.6) is 0 Å². The Labute approximate surface area is 70.9 Å². The molecular formula is C8H12O4. The number of ether oxygens (including phenoxy) is 1. The first-order chi connectivity index (χ1) is 5.54. The summed E-state index contributed by atoms with van der Waals surface area (Å²) < 4.78 is 4.12. The molecule has 0 fully saturated rings. The van der Waals surface area contributed by atoms with E-state index in [0.29, 0.717) is 6.42 Å². The van der Waals surface area contributed by atoms with Crippen LogP contribution < -0.4 is 0 Å². The van der Waals surface area contributed by atoms with Crippen LogP contribution in [0.3, 0.4) is 0 Å². The molecule has 0 aromatic rings. The first kappa shape index (κ1) is 10.8. The smallest absolute Gasteiger partial charge is 0.382 e. The second-order valence-corrected chi connectivity index (χ2v) is 2.49. The molecule has 0 radical (unpaired) electrons.